The standard InChI is InChI=1S/C15H27N3O.2ClH/c19-15(4-1-12-5-8-16-9-6-12)17-13-7-10-18(11-13)14-2-3-14;;/h12-14,16H,1-11H2,(H,17,19);2*1H. The van der Waals surface area contributed by atoms with E-state index in [9.17, 15) is 4.79 Å². The Morgan fingerprint density at radius 3 is 2.48 bits per heavy atom. The zero-order valence-corrected chi connectivity index (χ0v) is 14.3. The van der Waals surface area contributed by atoms with E-state index >= 15 is 0 Å². The molecule has 0 aromatic heterocycles. The molecule has 1 aliphatic carbocycles. The average Bonchev–Trinajstić information content (AvgIpc) is 3.19. The summed E-state index contributed by atoms with van der Waals surface area (Å²) in [5.74, 6) is 1.04. The van der Waals surface area contributed by atoms with Crippen LogP contribution in [0.5, 0.6) is 0 Å². The lowest BCUT2D eigenvalue weighted by Crippen LogP contribution is -2.37. The van der Waals surface area contributed by atoms with Gasteiger partial charge in [0.25, 0.3) is 0 Å². The van der Waals surface area contributed by atoms with Gasteiger partial charge in [-0.3, -0.25) is 9.69 Å². The van der Waals surface area contributed by atoms with Crippen molar-refractivity contribution in [1.29, 1.82) is 0 Å². The van der Waals surface area contributed by atoms with E-state index in [1.807, 2.05) is 0 Å². The average molecular weight is 338 g/mol. The molecule has 124 valence electrons. The first-order valence-corrected chi connectivity index (χ1v) is 8.05. The molecule has 1 amide bonds. The molecule has 0 aromatic carbocycles. The molecule has 3 fully saturated rings. The highest BCUT2D eigenvalue weighted by atomic mass is 35.5. The van der Waals surface area contributed by atoms with E-state index in [1.165, 1.54) is 32.2 Å². The minimum Gasteiger partial charge on any atom is -0.352 e. The van der Waals surface area contributed by atoms with Crippen molar-refractivity contribution in [2.75, 3.05) is 26.2 Å². The van der Waals surface area contributed by atoms with Gasteiger partial charge in [0.2, 0.25) is 5.91 Å². The van der Waals surface area contributed by atoms with Crippen LogP contribution in [0.3, 0.4) is 0 Å². The summed E-state index contributed by atoms with van der Waals surface area (Å²) in [6.45, 7) is 4.53. The van der Waals surface area contributed by atoms with Crippen LogP contribution in [0, 0.1) is 5.92 Å². The monoisotopic (exact) mass is 337 g/mol. The second-order valence-corrected chi connectivity index (χ2v) is 6.51. The third kappa shape index (κ3) is 5.93. The van der Waals surface area contributed by atoms with Crippen molar-refractivity contribution >= 4 is 30.7 Å². The van der Waals surface area contributed by atoms with Crippen LogP contribution >= 0.6 is 24.8 Å². The summed E-state index contributed by atoms with van der Waals surface area (Å²) < 4.78 is 0. The number of rotatable bonds is 5. The number of piperidine rings is 1. The highest BCUT2D eigenvalue weighted by Crippen LogP contribution is 2.29. The topological polar surface area (TPSA) is 44.4 Å². The molecule has 1 saturated carbocycles. The summed E-state index contributed by atoms with van der Waals surface area (Å²) in [5.41, 5.74) is 0. The molecule has 0 bridgehead atoms. The third-order valence-electron chi connectivity index (χ3n) is 4.89. The van der Waals surface area contributed by atoms with Gasteiger partial charge >= 0.3 is 0 Å². The fraction of sp³-hybridized carbons (Fsp3) is 0.933. The number of nitrogens with one attached hydrogen (secondary N) is 2. The summed E-state index contributed by atoms with van der Waals surface area (Å²) in [6, 6.07) is 1.26. The Morgan fingerprint density at radius 1 is 1.10 bits per heavy atom. The molecular weight excluding hydrogens is 309 g/mol. The normalized spacial score (nSPS) is 26.8. The van der Waals surface area contributed by atoms with Gasteiger partial charge < -0.3 is 10.6 Å². The number of nitrogens with zero attached hydrogens (tertiary/aromatic N) is 1. The molecule has 21 heavy (non-hydrogen) atoms. The zero-order chi connectivity index (χ0) is 13.1. The second kappa shape index (κ2) is 9.19. The summed E-state index contributed by atoms with van der Waals surface area (Å²) in [7, 11) is 0. The van der Waals surface area contributed by atoms with Gasteiger partial charge in [0.05, 0.1) is 0 Å². The van der Waals surface area contributed by atoms with Crippen LogP contribution < -0.4 is 10.6 Å². The molecule has 0 radical (unpaired) electrons. The molecule has 2 saturated heterocycles. The number of carbonyl (C=O) groups is 1. The fourth-order valence-corrected chi connectivity index (χ4v) is 3.48. The van der Waals surface area contributed by atoms with E-state index < -0.39 is 0 Å². The summed E-state index contributed by atoms with van der Waals surface area (Å²) in [6.07, 6.45) is 8.18. The maximum absolute atomic E-state index is 12.0. The maximum atomic E-state index is 12.0. The van der Waals surface area contributed by atoms with Crippen molar-refractivity contribution in [2.45, 2.75) is 57.0 Å². The van der Waals surface area contributed by atoms with Crippen molar-refractivity contribution < 1.29 is 4.79 Å². The highest BCUT2D eigenvalue weighted by Gasteiger charge is 2.34. The van der Waals surface area contributed by atoms with Gasteiger partial charge in [0, 0.05) is 31.6 Å². The first-order valence-electron chi connectivity index (χ1n) is 8.05. The van der Waals surface area contributed by atoms with Crippen LogP contribution in [0.15, 0.2) is 0 Å². The van der Waals surface area contributed by atoms with Gasteiger partial charge in [-0.2, -0.15) is 0 Å². The maximum Gasteiger partial charge on any atom is 0.220 e. The number of halogens is 2. The molecule has 0 spiro atoms. The Bertz CT molecular complexity index is 320. The van der Waals surface area contributed by atoms with Crippen molar-refractivity contribution in [3.05, 3.63) is 0 Å². The summed E-state index contributed by atoms with van der Waals surface area (Å²) in [4.78, 5) is 14.5. The number of amides is 1. The van der Waals surface area contributed by atoms with E-state index in [1.54, 1.807) is 0 Å². The Labute approximate surface area is 140 Å². The number of hydrogen-bond donors (Lipinski definition) is 2. The van der Waals surface area contributed by atoms with Crippen molar-refractivity contribution in [3.63, 3.8) is 0 Å². The molecule has 3 rings (SSSR count). The van der Waals surface area contributed by atoms with Crippen LogP contribution in [-0.2, 0) is 4.79 Å². The quantitative estimate of drug-likeness (QED) is 0.806. The van der Waals surface area contributed by atoms with Crippen LogP contribution in [0.2, 0.25) is 0 Å². The highest BCUT2D eigenvalue weighted by molar-refractivity contribution is 5.85. The smallest absolute Gasteiger partial charge is 0.220 e. The SMILES string of the molecule is Cl.Cl.O=C(CCC1CCNCC1)NC1CCN(C2CC2)C1. The van der Waals surface area contributed by atoms with Gasteiger partial charge in [-0.05, 0) is 57.5 Å². The van der Waals surface area contributed by atoms with Crippen molar-refractivity contribution in [3.8, 4) is 0 Å². The molecule has 6 heteroatoms. The number of likely N-dealkylation sites (tertiary alicyclic amines) is 1. The first-order chi connectivity index (χ1) is 9.31. The Balaban J connectivity index is 0.00000110. The van der Waals surface area contributed by atoms with Gasteiger partial charge in [0.1, 0.15) is 0 Å². The lowest BCUT2D eigenvalue weighted by Gasteiger charge is -2.22. The first kappa shape index (κ1) is 19.0. The zero-order valence-electron chi connectivity index (χ0n) is 12.7. The molecule has 3 aliphatic rings. The molecule has 1 unspecified atom stereocenters. The minimum atomic E-state index is 0. The molecule has 2 N–H and O–H groups in total. The molecule has 2 heterocycles. The van der Waals surface area contributed by atoms with Gasteiger partial charge in [0.15, 0.2) is 0 Å². The molecule has 2 aliphatic heterocycles. The molecule has 4 nitrogen and oxygen atoms in total. The lowest BCUT2D eigenvalue weighted by molar-refractivity contribution is -0.122. The Hall–Kier alpha value is -0.0300. The Kier molecular flexibility index (Phi) is 8.32. The summed E-state index contributed by atoms with van der Waals surface area (Å²) in [5, 5.41) is 6.61. The van der Waals surface area contributed by atoms with E-state index in [0.29, 0.717) is 6.04 Å². The van der Waals surface area contributed by atoms with E-state index in [4.69, 9.17) is 0 Å². The van der Waals surface area contributed by atoms with E-state index in [2.05, 4.69) is 15.5 Å². The van der Waals surface area contributed by atoms with Crippen LogP contribution in [0.25, 0.3) is 0 Å². The summed E-state index contributed by atoms with van der Waals surface area (Å²) >= 11 is 0. The van der Waals surface area contributed by atoms with E-state index in [0.717, 1.165) is 50.9 Å². The molecule has 0 aromatic rings. The van der Waals surface area contributed by atoms with Gasteiger partial charge in [-0.15, -0.1) is 24.8 Å². The minimum absolute atomic E-state index is 0. The fourth-order valence-electron chi connectivity index (χ4n) is 3.48. The Morgan fingerprint density at radius 2 is 1.81 bits per heavy atom. The molecule has 1 atom stereocenters. The van der Waals surface area contributed by atoms with Crippen molar-refractivity contribution in [1.82, 2.24) is 15.5 Å². The molecular formula is C15H29Cl2N3O. The predicted octanol–water partition coefficient (Wildman–Crippen LogP) is 1.96. The lowest BCUT2D eigenvalue weighted by atomic mass is 9.93. The van der Waals surface area contributed by atoms with Crippen LogP contribution in [0.1, 0.15) is 44.9 Å². The second-order valence-electron chi connectivity index (χ2n) is 6.51. The van der Waals surface area contributed by atoms with Crippen LogP contribution in [0.4, 0.5) is 0 Å². The van der Waals surface area contributed by atoms with E-state index in [-0.39, 0.29) is 30.7 Å². The number of hydrogen-bond acceptors (Lipinski definition) is 3. The predicted molar refractivity (Wildman–Crippen MR) is 90.5 cm³/mol. The number of carbonyl (C=O) groups excluding carboxylic acids is 1. The largest absolute Gasteiger partial charge is 0.352 e. The van der Waals surface area contributed by atoms with Crippen LogP contribution in [-0.4, -0.2) is 49.1 Å². The van der Waals surface area contributed by atoms with Crippen molar-refractivity contribution in [2.24, 2.45) is 5.92 Å². The van der Waals surface area contributed by atoms with Gasteiger partial charge in [-0.1, -0.05) is 0 Å². The van der Waals surface area contributed by atoms with Gasteiger partial charge in [-0.25, -0.2) is 0 Å². The third-order valence-corrected chi connectivity index (χ3v) is 4.89.